The molecule has 2 rings (SSSR count). The van der Waals surface area contributed by atoms with Crippen LogP contribution in [0.4, 0.5) is 5.69 Å². The molecule has 0 aliphatic rings. The summed E-state index contributed by atoms with van der Waals surface area (Å²) in [6, 6.07) is 9.89. The molecule has 0 bridgehead atoms. The van der Waals surface area contributed by atoms with Crippen molar-refractivity contribution >= 4 is 33.9 Å². The van der Waals surface area contributed by atoms with Crippen LogP contribution in [0.1, 0.15) is 20.7 Å². The van der Waals surface area contributed by atoms with Crippen molar-refractivity contribution in [2.45, 2.75) is 0 Å². The van der Waals surface area contributed by atoms with Crippen LogP contribution >= 0.6 is 15.9 Å². The lowest BCUT2D eigenvalue weighted by Crippen LogP contribution is -2.11. The van der Waals surface area contributed by atoms with E-state index in [-0.39, 0.29) is 17.0 Å². The number of ether oxygens (including phenoxy) is 1. The van der Waals surface area contributed by atoms with Crippen molar-refractivity contribution in [2.75, 3.05) is 0 Å². The van der Waals surface area contributed by atoms with Gasteiger partial charge in [0.1, 0.15) is 17.6 Å². The molecule has 0 aliphatic carbocycles. The normalized spacial score (nSPS) is 9.95. The molecule has 0 fully saturated rings. The van der Waals surface area contributed by atoms with Gasteiger partial charge in [-0.25, -0.2) is 4.79 Å². The van der Waals surface area contributed by atoms with Crippen LogP contribution in [0.3, 0.4) is 0 Å². The highest BCUT2D eigenvalue weighted by Gasteiger charge is 2.21. The molecule has 7 heteroatoms. The SMILES string of the molecule is O=Cc1ccc(OC(=O)c2ccccc2[N+](=O)[O-])c(Br)c1. The fraction of sp³-hybridized carbons (Fsp3) is 0. The van der Waals surface area contributed by atoms with Gasteiger partial charge < -0.3 is 4.74 Å². The molecule has 0 radical (unpaired) electrons. The average Bonchev–Trinajstić information content (AvgIpc) is 2.49. The third-order valence-electron chi connectivity index (χ3n) is 2.62. The molecule has 2 aromatic rings. The second-order valence-electron chi connectivity index (χ2n) is 3.97. The molecule has 0 N–H and O–H groups in total. The van der Waals surface area contributed by atoms with Crippen LogP contribution < -0.4 is 4.74 Å². The van der Waals surface area contributed by atoms with E-state index in [1.54, 1.807) is 0 Å². The molecule has 21 heavy (non-hydrogen) atoms. The zero-order valence-corrected chi connectivity index (χ0v) is 12.1. The van der Waals surface area contributed by atoms with E-state index in [1.807, 2.05) is 0 Å². The molecule has 0 saturated carbocycles. The number of hydrogen-bond acceptors (Lipinski definition) is 5. The summed E-state index contributed by atoms with van der Waals surface area (Å²) < 4.78 is 5.52. The Morgan fingerprint density at radius 2 is 1.95 bits per heavy atom. The van der Waals surface area contributed by atoms with Crippen LogP contribution in [0.15, 0.2) is 46.9 Å². The van der Waals surface area contributed by atoms with E-state index in [4.69, 9.17) is 4.74 Å². The topological polar surface area (TPSA) is 86.5 Å². The Morgan fingerprint density at radius 1 is 1.24 bits per heavy atom. The van der Waals surface area contributed by atoms with Gasteiger partial charge in [-0.05, 0) is 40.2 Å². The first-order chi connectivity index (χ1) is 10.0. The second-order valence-corrected chi connectivity index (χ2v) is 4.83. The van der Waals surface area contributed by atoms with Crippen molar-refractivity contribution < 1.29 is 19.2 Å². The lowest BCUT2D eigenvalue weighted by Gasteiger charge is -2.07. The van der Waals surface area contributed by atoms with Gasteiger partial charge in [-0.15, -0.1) is 0 Å². The maximum absolute atomic E-state index is 12.0. The minimum atomic E-state index is -0.846. The number of hydrogen-bond donors (Lipinski definition) is 0. The van der Waals surface area contributed by atoms with Crippen molar-refractivity contribution in [3.8, 4) is 5.75 Å². The van der Waals surface area contributed by atoms with Gasteiger partial charge in [-0.3, -0.25) is 14.9 Å². The summed E-state index contributed by atoms with van der Waals surface area (Å²) >= 11 is 3.17. The van der Waals surface area contributed by atoms with Crippen LogP contribution in [0.25, 0.3) is 0 Å². The third kappa shape index (κ3) is 3.32. The molecule has 0 aliphatic heterocycles. The maximum Gasteiger partial charge on any atom is 0.350 e. The Labute approximate surface area is 127 Å². The molecule has 0 heterocycles. The van der Waals surface area contributed by atoms with Crippen molar-refractivity contribution in [1.29, 1.82) is 0 Å². The summed E-state index contributed by atoms with van der Waals surface area (Å²) in [6.07, 6.45) is 0.651. The molecule has 2 aromatic carbocycles. The molecular weight excluding hydrogens is 342 g/mol. The third-order valence-corrected chi connectivity index (χ3v) is 3.24. The predicted octanol–water partition coefficient (Wildman–Crippen LogP) is 3.39. The van der Waals surface area contributed by atoms with Crippen LogP contribution in [0.2, 0.25) is 0 Å². The zero-order valence-electron chi connectivity index (χ0n) is 10.5. The lowest BCUT2D eigenvalue weighted by molar-refractivity contribution is -0.385. The number of nitro benzene ring substituents is 1. The van der Waals surface area contributed by atoms with E-state index < -0.39 is 10.9 Å². The largest absolute Gasteiger partial charge is 0.422 e. The van der Waals surface area contributed by atoms with Gasteiger partial charge >= 0.3 is 5.97 Å². The number of carbonyl (C=O) groups is 2. The van der Waals surface area contributed by atoms with Crippen molar-refractivity contribution in [1.82, 2.24) is 0 Å². The van der Waals surface area contributed by atoms with E-state index in [2.05, 4.69) is 15.9 Å². The Morgan fingerprint density at radius 3 is 2.57 bits per heavy atom. The highest BCUT2D eigenvalue weighted by molar-refractivity contribution is 9.10. The van der Waals surface area contributed by atoms with Gasteiger partial charge in [0.05, 0.1) is 9.40 Å². The monoisotopic (exact) mass is 349 g/mol. The molecular formula is C14H8BrNO5. The molecule has 106 valence electrons. The van der Waals surface area contributed by atoms with Gasteiger partial charge in [0.15, 0.2) is 0 Å². The number of halogens is 1. The Bertz CT molecular complexity index is 729. The number of para-hydroxylation sites is 1. The average molecular weight is 350 g/mol. The molecule has 0 atom stereocenters. The quantitative estimate of drug-likeness (QED) is 0.277. The minimum Gasteiger partial charge on any atom is -0.422 e. The molecule has 0 aromatic heterocycles. The summed E-state index contributed by atoms with van der Waals surface area (Å²) in [5.41, 5.74) is -0.0654. The van der Waals surface area contributed by atoms with Crippen LogP contribution in [0.5, 0.6) is 5.75 Å². The smallest absolute Gasteiger partial charge is 0.350 e. The van der Waals surface area contributed by atoms with Crippen LogP contribution in [0, 0.1) is 10.1 Å². The van der Waals surface area contributed by atoms with Crippen LogP contribution in [-0.4, -0.2) is 17.2 Å². The molecule has 0 saturated heterocycles. The van der Waals surface area contributed by atoms with E-state index in [9.17, 15) is 19.7 Å². The fourth-order valence-corrected chi connectivity index (χ4v) is 2.11. The van der Waals surface area contributed by atoms with E-state index in [0.29, 0.717) is 16.3 Å². The minimum absolute atomic E-state index is 0.145. The van der Waals surface area contributed by atoms with Crippen molar-refractivity contribution in [3.63, 3.8) is 0 Å². The van der Waals surface area contributed by atoms with E-state index in [1.165, 1.54) is 42.5 Å². The standard InChI is InChI=1S/C14H8BrNO5/c15-11-7-9(8-17)5-6-13(11)21-14(18)10-3-1-2-4-12(10)16(19)20/h1-8H. The summed E-state index contributed by atoms with van der Waals surface area (Å²) in [6.45, 7) is 0. The summed E-state index contributed by atoms with van der Waals surface area (Å²) in [4.78, 5) is 32.9. The van der Waals surface area contributed by atoms with Gasteiger partial charge in [-0.2, -0.15) is 0 Å². The number of nitro groups is 1. The van der Waals surface area contributed by atoms with Gasteiger partial charge in [-0.1, -0.05) is 12.1 Å². The summed E-state index contributed by atoms with van der Waals surface area (Å²) in [5, 5.41) is 10.9. The zero-order chi connectivity index (χ0) is 15.4. The number of benzene rings is 2. The summed E-state index contributed by atoms with van der Waals surface area (Å²) in [7, 11) is 0. The predicted molar refractivity (Wildman–Crippen MR) is 77.6 cm³/mol. The Kier molecular flexibility index (Phi) is 4.44. The highest BCUT2D eigenvalue weighted by atomic mass is 79.9. The first-order valence-electron chi connectivity index (χ1n) is 5.73. The first kappa shape index (κ1) is 14.9. The number of nitrogens with zero attached hydrogens (tertiary/aromatic N) is 1. The fourth-order valence-electron chi connectivity index (χ4n) is 1.63. The molecule has 0 unspecified atom stereocenters. The molecule has 0 spiro atoms. The Balaban J connectivity index is 2.30. The number of esters is 1. The van der Waals surface area contributed by atoms with Gasteiger partial charge in [0.2, 0.25) is 0 Å². The Hall–Kier alpha value is -2.54. The van der Waals surface area contributed by atoms with Crippen molar-refractivity contribution in [2.24, 2.45) is 0 Å². The van der Waals surface area contributed by atoms with Gasteiger partial charge in [0, 0.05) is 11.6 Å². The first-order valence-corrected chi connectivity index (χ1v) is 6.52. The van der Waals surface area contributed by atoms with Gasteiger partial charge in [0.25, 0.3) is 5.69 Å². The molecule has 0 amide bonds. The lowest BCUT2D eigenvalue weighted by atomic mass is 10.2. The van der Waals surface area contributed by atoms with Crippen LogP contribution in [-0.2, 0) is 0 Å². The number of carbonyl (C=O) groups excluding carboxylic acids is 2. The van der Waals surface area contributed by atoms with Crippen molar-refractivity contribution in [3.05, 3.63) is 68.2 Å². The number of rotatable bonds is 4. The van der Waals surface area contributed by atoms with E-state index >= 15 is 0 Å². The van der Waals surface area contributed by atoms with E-state index in [0.717, 1.165) is 0 Å². The second kappa shape index (κ2) is 6.27. The maximum atomic E-state index is 12.0. The number of aldehydes is 1. The summed E-state index contributed by atoms with van der Waals surface area (Å²) in [5.74, 6) is -0.675. The highest BCUT2D eigenvalue weighted by Crippen LogP contribution is 2.27. The molecule has 6 nitrogen and oxygen atoms in total.